The molecule has 0 aliphatic heterocycles. The molecule has 0 aliphatic rings. The summed E-state index contributed by atoms with van der Waals surface area (Å²) in [5, 5.41) is 8.62. The summed E-state index contributed by atoms with van der Waals surface area (Å²) in [5.74, 6) is -0.149. The summed E-state index contributed by atoms with van der Waals surface area (Å²) in [6.45, 7) is -0.209. The third-order valence-corrected chi connectivity index (χ3v) is 1.64. The summed E-state index contributed by atoms with van der Waals surface area (Å²) in [7, 11) is 0. The molecular weight excluding hydrogens is 219 g/mol. The van der Waals surface area contributed by atoms with Crippen LogP contribution in [0.3, 0.4) is 0 Å². The molecule has 14 heavy (non-hydrogen) atoms. The normalized spacial score (nSPS) is 11.4. The lowest BCUT2D eigenvalue weighted by molar-refractivity contribution is -0.0370. The van der Waals surface area contributed by atoms with Crippen molar-refractivity contribution in [2.75, 3.05) is 0 Å². The fraction of sp³-hybridized carbons (Fsp3) is 0.286. The summed E-state index contributed by atoms with van der Waals surface area (Å²) >= 11 is -0.625. The van der Waals surface area contributed by atoms with Gasteiger partial charge in [-0.2, -0.15) is 13.2 Å². The Morgan fingerprint density at radius 1 is 1.43 bits per heavy atom. The Morgan fingerprint density at radius 2 is 2.14 bits per heavy atom. The standard InChI is InChI=1S/C7H6F3NO2S/c8-7(9,10)14-13-6-2-1-5(4-12)3-11-6/h1-3,12H,4H2. The van der Waals surface area contributed by atoms with E-state index in [1.807, 2.05) is 0 Å². The second-order valence-corrected chi connectivity index (χ2v) is 3.07. The molecule has 1 aromatic rings. The zero-order valence-electron chi connectivity index (χ0n) is 6.78. The fourth-order valence-corrected chi connectivity index (χ4v) is 0.922. The van der Waals surface area contributed by atoms with Crippen LogP contribution in [-0.2, 0) is 6.61 Å². The molecule has 78 valence electrons. The zero-order valence-corrected chi connectivity index (χ0v) is 7.60. The lowest BCUT2D eigenvalue weighted by atomic mass is 10.3. The van der Waals surface area contributed by atoms with Gasteiger partial charge in [-0.25, -0.2) is 4.98 Å². The van der Waals surface area contributed by atoms with E-state index in [-0.39, 0.29) is 12.5 Å². The topological polar surface area (TPSA) is 42.4 Å². The van der Waals surface area contributed by atoms with E-state index in [4.69, 9.17) is 5.11 Å². The number of rotatable bonds is 3. The first-order chi connectivity index (χ1) is 6.51. The van der Waals surface area contributed by atoms with Crippen LogP contribution in [0, 0.1) is 0 Å². The third kappa shape index (κ3) is 3.84. The Hall–Kier alpha value is -0.950. The van der Waals surface area contributed by atoms with E-state index < -0.39 is 17.6 Å². The number of halogens is 3. The van der Waals surface area contributed by atoms with Gasteiger partial charge in [0.2, 0.25) is 5.88 Å². The van der Waals surface area contributed by atoms with E-state index in [9.17, 15) is 13.2 Å². The van der Waals surface area contributed by atoms with Gasteiger partial charge in [0, 0.05) is 12.3 Å². The minimum Gasteiger partial charge on any atom is -0.397 e. The number of alkyl halides is 3. The largest absolute Gasteiger partial charge is 0.479 e. The number of hydrogen-bond acceptors (Lipinski definition) is 4. The summed E-state index contributed by atoms with van der Waals surface area (Å²) in [5.41, 5.74) is -3.94. The van der Waals surface area contributed by atoms with Crippen LogP contribution in [0.4, 0.5) is 13.2 Å². The number of nitrogens with zero attached hydrogens (tertiary/aromatic N) is 1. The monoisotopic (exact) mass is 225 g/mol. The van der Waals surface area contributed by atoms with Crippen molar-refractivity contribution in [2.24, 2.45) is 0 Å². The number of aliphatic hydroxyl groups is 1. The van der Waals surface area contributed by atoms with Crippen LogP contribution in [0.15, 0.2) is 18.3 Å². The zero-order chi connectivity index (χ0) is 10.6. The molecule has 1 aromatic heterocycles. The average molecular weight is 225 g/mol. The van der Waals surface area contributed by atoms with Crippen LogP contribution in [0.25, 0.3) is 0 Å². The molecule has 1 rings (SSSR count). The van der Waals surface area contributed by atoms with Crippen molar-refractivity contribution in [3.05, 3.63) is 23.9 Å². The molecule has 0 amide bonds. The summed E-state index contributed by atoms with van der Waals surface area (Å²) in [6, 6.07) is 2.68. The van der Waals surface area contributed by atoms with Crippen LogP contribution in [0.1, 0.15) is 5.56 Å². The van der Waals surface area contributed by atoms with Crippen molar-refractivity contribution in [1.82, 2.24) is 4.98 Å². The predicted molar refractivity (Wildman–Crippen MR) is 44.4 cm³/mol. The van der Waals surface area contributed by atoms with Gasteiger partial charge in [-0.05, 0) is 11.6 Å². The number of pyridine rings is 1. The second kappa shape index (κ2) is 4.52. The highest BCUT2D eigenvalue weighted by Gasteiger charge is 2.31. The third-order valence-electron chi connectivity index (χ3n) is 1.20. The molecule has 0 atom stereocenters. The number of aromatic nitrogens is 1. The molecule has 1 heterocycles. The van der Waals surface area contributed by atoms with Gasteiger partial charge in [0.15, 0.2) is 12.0 Å². The lowest BCUT2D eigenvalue weighted by Gasteiger charge is -2.05. The van der Waals surface area contributed by atoms with Crippen molar-refractivity contribution < 1.29 is 22.5 Å². The van der Waals surface area contributed by atoms with E-state index >= 15 is 0 Å². The van der Waals surface area contributed by atoms with Crippen LogP contribution < -0.4 is 4.18 Å². The van der Waals surface area contributed by atoms with Gasteiger partial charge in [-0.1, -0.05) is 0 Å². The van der Waals surface area contributed by atoms with Gasteiger partial charge in [0.05, 0.1) is 6.61 Å². The smallest absolute Gasteiger partial charge is 0.397 e. The Bertz CT molecular complexity index is 288. The van der Waals surface area contributed by atoms with Gasteiger partial charge < -0.3 is 9.29 Å². The van der Waals surface area contributed by atoms with E-state index in [1.165, 1.54) is 18.3 Å². The molecule has 0 aromatic carbocycles. The molecule has 0 saturated heterocycles. The summed E-state index contributed by atoms with van der Waals surface area (Å²) in [4.78, 5) is 3.55. The van der Waals surface area contributed by atoms with E-state index in [0.29, 0.717) is 5.56 Å². The quantitative estimate of drug-likeness (QED) is 0.800. The van der Waals surface area contributed by atoms with Gasteiger partial charge in [-0.15, -0.1) is 0 Å². The van der Waals surface area contributed by atoms with Crippen molar-refractivity contribution >= 4 is 12.0 Å². The van der Waals surface area contributed by atoms with Crippen LogP contribution >= 0.6 is 12.0 Å². The molecule has 0 radical (unpaired) electrons. The minimum absolute atomic E-state index is 0.149. The van der Waals surface area contributed by atoms with Gasteiger partial charge in [0.25, 0.3) is 0 Å². The maximum absolute atomic E-state index is 11.7. The molecule has 0 aliphatic carbocycles. The molecule has 3 nitrogen and oxygen atoms in total. The molecule has 0 spiro atoms. The highest BCUT2D eigenvalue weighted by atomic mass is 32.2. The van der Waals surface area contributed by atoms with Gasteiger partial charge in [-0.3, -0.25) is 0 Å². The van der Waals surface area contributed by atoms with E-state index in [0.717, 1.165) is 0 Å². The van der Waals surface area contributed by atoms with Crippen molar-refractivity contribution in [2.45, 2.75) is 12.1 Å². The van der Waals surface area contributed by atoms with Crippen LogP contribution in [0.2, 0.25) is 0 Å². The number of hydrogen-bond donors (Lipinski definition) is 1. The average Bonchev–Trinajstić information content (AvgIpc) is 2.14. The van der Waals surface area contributed by atoms with E-state index in [1.54, 1.807) is 0 Å². The minimum atomic E-state index is -4.45. The number of aliphatic hydroxyl groups excluding tert-OH is 1. The molecule has 0 bridgehead atoms. The van der Waals surface area contributed by atoms with Gasteiger partial charge in [0.1, 0.15) is 0 Å². The molecule has 0 fully saturated rings. The highest BCUT2D eigenvalue weighted by molar-refractivity contribution is 7.95. The molecule has 7 heteroatoms. The molecular formula is C7H6F3NO2S. The lowest BCUT2D eigenvalue weighted by Crippen LogP contribution is -2.03. The van der Waals surface area contributed by atoms with E-state index in [2.05, 4.69) is 9.17 Å². The first kappa shape index (κ1) is 11.1. The van der Waals surface area contributed by atoms with Crippen molar-refractivity contribution in [1.29, 1.82) is 0 Å². The molecule has 1 N–H and O–H groups in total. The first-order valence-corrected chi connectivity index (χ1v) is 4.23. The van der Waals surface area contributed by atoms with Crippen LogP contribution in [-0.4, -0.2) is 15.6 Å². The Kier molecular flexibility index (Phi) is 3.59. The summed E-state index contributed by atoms with van der Waals surface area (Å²) < 4.78 is 39.2. The van der Waals surface area contributed by atoms with Gasteiger partial charge >= 0.3 is 5.51 Å². The maximum Gasteiger partial charge on any atom is 0.479 e. The first-order valence-electron chi connectivity index (χ1n) is 3.49. The maximum atomic E-state index is 11.7. The predicted octanol–water partition coefficient (Wildman–Crippen LogP) is 2.12. The summed E-state index contributed by atoms with van der Waals surface area (Å²) in [6.07, 6.45) is 1.24. The SMILES string of the molecule is OCc1ccc(OSC(F)(F)F)nc1. The fourth-order valence-electron chi connectivity index (χ4n) is 0.644. The molecule has 0 unspecified atom stereocenters. The van der Waals surface area contributed by atoms with Crippen molar-refractivity contribution in [3.8, 4) is 5.88 Å². The Labute approximate surface area is 82.1 Å². The second-order valence-electron chi connectivity index (χ2n) is 2.28. The Balaban J connectivity index is 2.52. The van der Waals surface area contributed by atoms with Crippen molar-refractivity contribution in [3.63, 3.8) is 0 Å². The van der Waals surface area contributed by atoms with Crippen LogP contribution in [0.5, 0.6) is 5.88 Å². The molecule has 0 saturated carbocycles. The Morgan fingerprint density at radius 3 is 2.57 bits per heavy atom. The highest BCUT2D eigenvalue weighted by Crippen LogP contribution is 2.31.